The summed E-state index contributed by atoms with van der Waals surface area (Å²) in [6.45, 7) is 10.7. The molecule has 21 heavy (non-hydrogen) atoms. The van der Waals surface area contributed by atoms with Gasteiger partial charge in [-0.15, -0.1) is 0 Å². The van der Waals surface area contributed by atoms with Gasteiger partial charge in [-0.2, -0.15) is 0 Å². The maximum atomic E-state index is 11.8. The predicted octanol–water partition coefficient (Wildman–Crippen LogP) is 2.09. The van der Waals surface area contributed by atoms with Crippen molar-refractivity contribution in [3.8, 4) is 0 Å². The first-order chi connectivity index (χ1) is 10.1. The second-order valence-electron chi connectivity index (χ2n) is 6.25. The van der Waals surface area contributed by atoms with Crippen molar-refractivity contribution in [1.29, 1.82) is 0 Å². The topological polar surface area (TPSA) is 37.3 Å². The van der Waals surface area contributed by atoms with Gasteiger partial charge in [0.05, 0.1) is 0 Å². The fourth-order valence-corrected chi connectivity index (χ4v) is 3.23. The highest BCUT2D eigenvalue weighted by Crippen LogP contribution is 2.22. The van der Waals surface area contributed by atoms with Crippen LogP contribution in [0.2, 0.25) is 0 Å². The van der Waals surface area contributed by atoms with Gasteiger partial charge in [0.25, 0.3) is 5.56 Å². The third-order valence-corrected chi connectivity index (χ3v) is 5.07. The second kappa shape index (κ2) is 7.23. The molecule has 0 aromatic carbocycles. The van der Waals surface area contributed by atoms with Crippen LogP contribution in [0.25, 0.3) is 0 Å². The lowest BCUT2D eigenvalue weighted by atomic mass is 9.92. The van der Waals surface area contributed by atoms with E-state index in [1.165, 1.54) is 6.42 Å². The van der Waals surface area contributed by atoms with E-state index in [4.69, 9.17) is 0 Å². The van der Waals surface area contributed by atoms with E-state index < -0.39 is 0 Å². The summed E-state index contributed by atoms with van der Waals surface area (Å²) in [6, 6.07) is 5.93. The molecule has 0 saturated carbocycles. The maximum absolute atomic E-state index is 11.8. The monoisotopic (exact) mass is 291 g/mol. The number of hydrogen-bond donors (Lipinski definition) is 1. The van der Waals surface area contributed by atoms with E-state index in [2.05, 4.69) is 31.0 Å². The molecule has 1 N–H and O–H groups in total. The van der Waals surface area contributed by atoms with Gasteiger partial charge < -0.3 is 9.88 Å². The Morgan fingerprint density at radius 2 is 2.05 bits per heavy atom. The summed E-state index contributed by atoms with van der Waals surface area (Å²) in [7, 11) is 0. The van der Waals surface area contributed by atoms with Crippen LogP contribution in [0.5, 0.6) is 0 Å². The maximum Gasteiger partial charge on any atom is 0.250 e. The molecule has 0 amide bonds. The van der Waals surface area contributed by atoms with Gasteiger partial charge in [-0.3, -0.25) is 9.69 Å². The number of aromatic nitrogens is 1. The molecule has 1 aromatic heterocycles. The van der Waals surface area contributed by atoms with E-state index in [9.17, 15) is 4.79 Å². The Kier molecular flexibility index (Phi) is 5.59. The molecule has 0 spiro atoms. The molecule has 0 bridgehead atoms. The van der Waals surface area contributed by atoms with Crippen LogP contribution in [0.4, 0.5) is 0 Å². The van der Waals surface area contributed by atoms with Crippen LogP contribution >= 0.6 is 0 Å². The molecular weight excluding hydrogens is 262 g/mol. The lowest BCUT2D eigenvalue weighted by molar-refractivity contribution is 0.154. The van der Waals surface area contributed by atoms with E-state index in [0.29, 0.717) is 6.04 Å². The van der Waals surface area contributed by atoms with Crippen molar-refractivity contribution in [3.05, 3.63) is 34.7 Å². The Bertz CT molecular complexity index is 493. The minimum absolute atomic E-state index is 0.0929. The number of rotatable bonds is 5. The fourth-order valence-electron chi connectivity index (χ4n) is 3.23. The molecular formula is C17H29N3O. The minimum atomic E-state index is 0.0929. The molecule has 4 nitrogen and oxygen atoms in total. The molecule has 1 unspecified atom stereocenters. The number of nitrogens with zero attached hydrogens (tertiary/aromatic N) is 2. The zero-order chi connectivity index (χ0) is 15.3. The average molecular weight is 291 g/mol. The highest BCUT2D eigenvalue weighted by Gasteiger charge is 2.32. The molecule has 118 valence electrons. The molecule has 0 radical (unpaired) electrons. The van der Waals surface area contributed by atoms with Gasteiger partial charge in [0.2, 0.25) is 0 Å². The standard InChI is InChI=1S/C17H29N3O/c1-4-17(5-2)14-20(15(3)9-10-18-17)13-12-19-11-7-6-8-16(19)21/h6-8,11,15,18H,4-5,9-10,12-14H2,1-3H3. The van der Waals surface area contributed by atoms with Crippen LogP contribution in [0, 0.1) is 0 Å². The Morgan fingerprint density at radius 3 is 2.71 bits per heavy atom. The normalized spacial score (nSPS) is 22.9. The lowest BCUT2D eigenvalue weighted by Crippen LogP contribution is -2.52. The van der Waals surface area contributed by atoms with E-state index in [1.807, 2.05) is 16.8 Å². The zero-order valence-corrected chi connectivity index (χ0v) is 13.6. The molecule has 1 saturated heterocycles. The van der Waals surface area contributed by atoms with Gasteiger partial charge in [0.1, 0.15) is 0 Å². The van der Waals surface area contributed by atoms with Crippen LogP contribution in [0.3, 0.4) is 0 Å². The number of nitrogens with one attached hydrogen (secondary N) is 1. The molecule has 4 heteroatoms. The lowest BCUT2D eigenvalue weighted by Gasteiger charge is -2.37. The smallest absolute Gasteiger partial charge is 0.250 e. The highest BCUT2D eigenvalue weighted by molar-refractivity contribution is 4.95. The van der Waals surface area contributed by atoms with Crippen molar-refractivity contribution in [1.82, 2.24) is 14.8 Å². The Labute approximate surface area is 128 Å². The van der Waals surface area contributed by atoms with Gasteiger partial charge in [-0.1, -0.05) is 19.9 Å². The van der Waals surface area contributed by atoms with Crippen molar-refractivity contribution in [2.24, 2.45) is 0 Å². The van der Waals surface area contributed by atoms with Gasteiger partial charge in [0.15, 0.2) is 0 Å². The van der Waals surface area contributed by atoms with E-state index in [-0.39, 0.29) is 11.1 Å². The van der Waals surface area contributed by atoms with Crippen molar-refractivity contribution in [2.45, 2.75) is 58.2 Å². The molecule has 1 atom stereocenters. The van der Waals surface area contributed by atoms with Crippen molar-refractivity contribution in [3.63, 3.8) is 0 Å². The quantitative estimate of drug-likeness (QED) is 0.902. The highest BCUT2D eigenvalue weighted by atomic mass is 16.1. The molecule has 0 aliphatic carbocycles. The first-order valence-corrected chi connectivity index (χ1v) is 8.25. The largest absolute Gasteiger partial charge is 0.314 e. The molecule has 2 heterocycles. The van der Waals surface area contributed by atoms with Crippen LogP contribution in [0.1, 0.15) is 40.0 Å². The van der Waals surface area contributed by atoms with Crippen LogP contribution < -0.4 is 10.9 Å². The van der Waals surface area contributed by atoms with Gasteiger partial charge in [-0.25, -0.2) is 0 Å². The summed E-state index contributed by atoms with van der Waals surface area (Å²) in [5.74, 6) is 0. The average Bonchev–Trinajstić information content (AvgIpc) is 2.66. The first-order valence-electron chi connectivity index (χ1n) is 8.25. The fraction of sp³-hybridized carbons (Fsp3) is 0.706. The van der Waals surface area contributed by atoms with Crippen LogP contribution in [0.15, 0.2) is 29.2 Å². The summed E-state index contributed by atoms with van der Waals surface area (Å²) < 4.78 is 1.81. The Hall–Kier alpha value is -1.13. The van der Waals surface area contributed by atoms with E-state index in [0.717, 1.165) is 39.0 Å². The van der Waals surface area contributed by atoms with Gasteiger partial charge in [-0.05, 0) is 38.8 Å². The number of hydrogen-bond acceptors (Lipinski definition) is 3. The van der Waals surface area contributed by atoms with Crippen molar-refractivity contribution < 1.29 is 0 Å². The van der Waals surface area contributed by atoms with Crippen LogP contribution in [-0.2, 0) is 6.54 Å². The summed E-state index contributed by atoms with van der Waals surface area (Å²) in [4.78, 5) is 14.4. The van der Waals surface area contributed by atoms with Crippen LogP contribution in [-0.4, -0.2) is 40.7 Å². The SMILES string of the molecule is CCC1(CC)CN(CCn2ccccc2=O)C(C)CCN1. The Morgan fingerprint density at radius 1 is 1.29 bits per heavy atom. The summed E-state index contributed by atoms with van der Waals surface area (Å²) in [5, 5.41) is 3.75. The van der Waals surface area contributed by atoms with Crippen molar-refractivity contribution >= 4 is 0 Å². The van der Waals surface area contributed by atoms with Gasteiger partial charge >= 0.3 is 0 Å². The summed E-state index contributed by atoms with van der Waals surface area (Å²) >= 11 is 0. The molecule has 1 aliphatic rings. The van der Waals surface area contributed by atoms with E-state index in [1.54, 1.807) is 12.1 Å². The summed E-state index contributed by atoms with van der Waals surface area (Å²) in [5.41, 5.74) is 0.321. The third kappa shape index (κ3) is 3.95. The molecule has 2 rings (SSSR count). The van der Waals surface area contributed by atoms with Crippen molar-refractivity contribution in [2.75, 3.05) is 19.6 Å². The molecule has 1 aliphatic heterocycles. The minimum Gasteiger partial charge on any atom is -0.314 e. The zero-order valence-electron chi connectivity index (χ0n) is 13.6. The summed E-state index contributed by atoms with van der Waals surface area (Å²) in [6.07, 6.45) is 5.36. The third-order valence-electron chi connectivity index (χ3n) is 5.07. The number of pyridine rings is 1. The van der Waals surface area contributed by atoms with E-state index >= 15 is 0 Å². The second-order valence-corrected chi connectivity index (χ2v) is 6.25. The molecule has 1 aromatic rings. The Balaban J connectivity index is 2.05. The first kappa shape index (κ1) is 16.2. The predicted molar refractivity (Wildman–Crippen MR) is 87.7 cm³/mol. The van der Waals surface area contributed by atoms with Gasteiger partial charge in [0, 0.05) is 43.5 Å². The molecule has 1 fully saturated rings.